The van der Waals surface area contributed by atoms with Gasteiger partial charge in [-0.1, -0.05) is 13.3 Å². The lowest BCUT2D eigenvalue weighted by Gasteiger charge is -2.31. The molecule has 1 amide bonds. The lowest BCUT2D eigenvalue weighted by molar-refractivity contribution is -0.131. The summed E-state index contributed by atoms with van der Waals surface area (Å²) in [6, 6.07) is 2.30. The number of carbonyl (C=O) groups excluding carboxylic acids is 1. The van der Waals surface area contributed by atoms with Crippen LogP contribution in [-0.2, 0) is 9.53 Å². The van der Waals surface area contributed by atoms with Crippen LogP contribution in [0.1, 0.15) is 39.0 Å². The lowest BCUT2D eigenvalue weighted by Crippen LogP contribution is -2.50. The minimum Gasteiger partial charge on any atom is -0.378 e. The molecule has 3 unspecified atom stereocenters. The van der Waals surface area contributed by atoms with Crippen molar-refractivity contribution in [2.45, 2.75) is 50.7 Å². The molecular formula is C14H22N2O2S. The van der Waals surface area contributed by atoms with Gasteiger partial charge in [0.2, 0.25) is 5.91 Å². The summed E-state index contributed by atoms with van der Waals surface area (Å²) in [5, 5.41) is 12.3. The molecule has 19 heavy (non-hydrogen) atoms. The molecular weight excluding hydrogens is 260 g/mol. The molecule has 2 aliphatic heterocycles. The van der Waals surface area contributed by atoms with Gasteiger partial charge in [-0.3, -0.25) is 4.79 Å². The first-order valence-electron chi connectivity index (χ1n) is 7.12. The molecule has 1 N–H and O–H groups in total. The Morgan fingerprint density at radius 1 is 1.63 bits per heavy atom. The molecule has 0 aromatic rings. The molecule has 2 aliphatic rings. The van der Waals surface area contributed by atoms with E-state index in [1.165, 1.54) is 0 Å². The van der Waals surface area contributed by atoms with E-state index in [9.17, 15) is 10.1 Å². The SMILES string of the molecule is CCCC1CC(C(=O)NC2(C#N)CCSC2)CCO1. The molecule has 106 valence electrons. The summed E-state index contributed by atoms with van der Waals surface area (Å²) < 4.78 is 5.67. The molecule has 0 aromatic heterocycles. The zero-order valence-electron chi connectivity index (χ0n) is 11.5. The highest BCUT2D eigenvalue weighted by Gasteiger charge is 2.38. The Morgan fingerprint density at radius 3 is 3.11 bits per heavy atom. The molecule has 0 aromatic carbocycles. The van der Waals surface area contributed by atoms with Crippen LogP contribution in [0.25, 0.3) is 0 Å². The van der Waals surface area contributed by atoms with Crippen LogP contribution in [0.4, 0.5) is 0 Å². The Kier molecular flexibility index (Phi) is 5.12. The molecule has 5 heteroatoms. The quantitative estimate of drug-likeness (QED) is 0.857. The summed E-state index contributed by atoms with van der Waals surface area (Å²) in [6.07, 6.45) is 4.66. The van der Waals surface area contributed by atoms with Crippen molar-refractivity contribution in [3.63, 3.8) is 0 Å². The molecule has 0 saturated carbocycles. The minimum absolute atomic E-state index is 0.0149. The second kappa shape index (κ2) is 6.62. The summed E-state index contributed by atoms with van der Waals surface area (Å²) in [6.45, 7) is 2.80. The third kappa shape index (κ3) is 3.64. The predicted octanol–water partition coefficient (Wildman–Crippen LogP) is 2.10. The normalized spacial score (nSPS) is 34.7. The van der Waals surface area contributed by atoms with Crippen molar-refractivity contribution in [2.75, 3.05) is 18.1 Å². The number of hydrogen-bond acceptors (Lipinski definition) is 4. The fourth-order valence-electron chi connectivity index (χ4n) is 2.76. The highest BCUT2D eigenvalue weighted by atomic mass is 32.2. The largest absolute Gasteiger partial charge is 0.378 e. The number of nitriles is 1. The number of nitrogens with one attached hydrogen (secondary N) is 1. The maximum Gasteiger partial charge on any atom is 0.224 e. The second-order valence-electron chi connectivity index (χ2n) is 5.49. The molecule has 0 bridgehead atoms. The fourth-order valence-corrected chi connectivity index (χ4v) is 4.03. The number of nitrogens with zero attached hydrogens (tertiary/aromatic N) is 1. The first kappa shape index (κ1) is 14.7. The Morgan fingerprint density at radius 2 is 2.47 bits per heavy atom. The van der Waals surface area contributed by atoms with Gasteiger partial charge in [0.05, 0.1) is 12.2 Å². The number of carbonyl (C=O) groups is 1. The van der Waals surface area contributed by atoms with E-state index < -0.39 is 5.54 Å². The second-order valence-corrected chi connectivity index (χ2v) is 6.59. The maximum atomic E-state index is 12.3. The Bertz CT molecular complexity index is 359. The average Bonchev–Trinajstić information content (AvgIpc) is 2.88. The lowest BCUT2D eigenvalue weighted by atomic mass is 9.91. The average molecular weight is 282 g/mol. The van der Waals surface area contributed by atoms with Crippen LogP contribution in [-0.4, -0.2) is 35.7 Å². The number of thioether (sulfide) groups is 1. The van der Waals surface area contributed by atoms with Gasteiger partial charge in [0.25, 0.3) is 0 Å². The van der Waals surface area contributed by atoms with Gasteiger partial charge < -0.3 is 10.1 Å². The van der Waals surface area contributed by atoms with E-state index >= 15 is 0 Å². The fraction of sp³-hybridized carbons (Fsp3) is 0.857. The topological polar surface area (TPSA) is 62.1 Å². The Hall–Kier alpha value is -0.730. The third-order valence-electron chi connectivity index (χ3n) is 3.95. The maximum absolute atomic E-state index is 12.3. The van der Waals surface area contributed by atoms with Crippen molar-refractivity contribution >= 4 is 17.7 Å². The first-order valence-corrected chi connectivity index (χ1v) is 8.27. The summed E-state index contributed by atoms with van der Waals surface area (Å²) in [4.78, 5) is 12.3. The molecule has 2 saturated heterocycles. The van der Waals surface area contributed by atoms with E-state index in [1.807, 2.05) is 0 Å². The van der Waals surface area contributed by atoms with Gasteiger partial charge in [-0.25, -0.2) is 0 Å². The van der Waals surface area contributed by atoms with Gasteiger partial charge in [-0.05, 0) is 31.4 Å². The monoisotopic (exact) mass is 282 g/mol. The van der Waals surface area contributed by atoms with Crippen molar-refractivity contribution < 1.29 is 9.53 Å². The van der Waals surface area contributed by atoms with E-state index in [4.69, 9.17) is 4.74 Å². The molecule has 0 radical (unpaired) electrons. The van der Waals surface area contributed by atoms with E-state index in [2.05, 4.69) is 18.3 Å². The smallest absolute Gasteiger partial charge is 0.224 e. The van der Waals surface area contributed by atoms with Crippen LogP contribution in [0.3, 0.4) is 0 Å². The first-order chi connectivity index (χ1) is 9.19. The Labute approximate surface area is 119 Å². The van der Waals surface area contributed by atoms with Crippen LogP contribution >= 0.6 is 11.8 Å². The van der Waals surface area contributed by atoms with Crippen molar-refractivity contribution in [1.82, 2.24) is 5.32 Å². The van der Waals surface area contributed by atoms with Crippen molar-refractivity contribution in [3.05, 3.63) is 0 Å². The molecule has 2 rings (SSSR count). The van der Waals surface area contributed by atoms with Crippen LogP contribution < -0.4 is 5.32 Å². The van der Waals surface area contributed by atoms with E-state index in [0.717, 1.165) is 43.6 Å². The van der Waals surface area contributed by atoms with Crippen LogP contribution in [0.2, 0.25) is 0 Å². The zero-order valence-corrected chi connectivity index (χ0v) is 12.3. The van der Waals surface area contributed by atoms with Crippen LogP contribution in [0.15, 0.2) is 0 Å². The van der Waals surface area contributed by atoms with Crippen molar-refractivity contribution in [3.8, 4) is 6.07 Å². The Balaban J connectivity index is 1.90. The van der Waals surface area contributed by atoms with Crippen molar-refractivity contribution in [2.24, 2.45) is 5.92 Å². The van der Waals surface area contributed by atoms with E-state index in [0.29, 0.717) is 6.61 Å². The van der Waals surface area contributed by atoms with Crippen molar-refractivity contribution in [1.29, 1.82) is 5.26 Å². The molecule has 3 atom stereocenters. The number of ether oxygens (including phenoxy) is 1. The number of hydrogen-bond donors (Lipinski definition) is 1. The number of rotatable bonds is 4. The highest BCUT2D eigenvalue weighted by molar-refractivity contribution is 7.99. The highest BCUT2D eigenvalue weighted by Crippen LogP contribution is 2.29. The summed E-state index contributed by atoms with van der Waals surface area (Å²) in [5.74, 6) is 1.74. The molecule has 4 nitrogen and oxygen atoms in total. The van der Waals surface area contributed by atoms with Crippen LogP contribution in [0, 0.1) is 17.2 Å². The van der Waals surface area contributed by atoms with Gasteiger partial charge in [-0.2, -0.15) is 17.0 Å². The van der Waals surface area contributed by atoms with Gasteiger partial charge in [0.1, 0.15) is 5.54 Å². The van der Waals surface area contributed by atoms with Crippen LogP contribution in [0.5, 0.6) is 0 Å². The molecule has 2 heterocycles. The summed E-state index contributed by atoms with van der Waals surface area (Å²) in [5.41, 5.74) is -0.625. The summed E-state index contributed by atoms with van der Waals surface area (Å²) in [7, 11) is 0. The molecule has 0 aliphatic carbocycles. The van der Waals surface area contributed by atoms with Gasteiger partial charge in [0.15, 0.2) is 0 Å². The van der Waals surface area contributed by atoms with Gasteiger partial charge in [0, 0.05) is 18.3 Å². The standard InChI is InChI=1S/C14H22N2O2S/c1-2-3-12-8-11(4-6-18-12)13(17)16-14(9-15)5-7-19-10-14/h11-12H,2-8,10H2,1H3,(H,16,17). The molecule has 2 fully saturated rings. The molecule has 0 spiro atoms. The minimum atomic E-state index is -0.625. The van der Waals surface area contributed by atoms with Gasteiger partial charge >= 0.3 is 0 Å². The number of amides is 1. The van der Waals surface area contributed by atoms with Gasteiger partial charge in [-0.15, -0.1) is 0 Å². The summed E-state index contributed by atoms with van der Waals surface area (Å²) >= 11 is 1.74. The predicted molar refractivity (Wildman–Crippen MR) is 75.8 cm³/mol. The van der Waals surface area contributed by atoms with E-state index in [-0.39, 0.29) is 17.9 Å². The third-order valence-corrected chi connectivity index (χ3v) is 5.14. The van der Waals surface area contributed by atoms with E-state index in [1.54, 1.807) is 11.8 Å². The zero-order chi connectivity index (χ0) is 13.7.